The van der Waals surface area contributed by atoms with E-state index in [0.717, 1.165) is 5.56 Å². The van der Waals surface area contributed by atoms with Crippen LogP contribution < -0.4 is 15.8 Å². The average molecular weight is 306 g/mol. The van der Waals surface area contributed by atoms with Gasteiger partial charge in [-0.15, -0.1) is 0 Å². The number of hydrogen-bond donors (Lipinski definition) is 2. The fourth-order valence-electron chi connectivity index (χ4n) is 1.61. The van der Waals surface area contributed by atoms with Crippen LogP contribution in [0.2, 0.25) is 0 Å². The van der Waals surface area contributed by atoms with E-state index < -0.39 is 0 Å². The quantitative estimate of drug-likeness (QED) is 0.636. The molecule has 6 heteroatoms. The molecular weight excluding hydrogens is 280 g/mol. The molecule has 0 heterocycles. The van der Waals surface area contributed by atoms with E-state index in [2.05, 4.69) is 10.3 Å². The van der Waals surface area contributed by atoms with Crippen molar-refractivity contribution < 1.29 is 9.53 Å². The molecule has 0 fully saturated rings. The van der Waals surface area contributed by atoms with Gasteiger partial charge in [0.1, 0.15) is 5.75 Å². The van der Waals surface area contributed by atoms with Crippen molar-refractivity contribution in [1.82, 2.24) is 10.2 Å². The third kappa shape index (κ3) is 6.97. The normalized spacial score (nSPS) is 12.0. The monoisotopic (exact) mass is 306 g/mol. The van der Waals surface area contributed by atoms with Gasteiger partial charge in [-0.3, -0.25) is 4.79 Å². The highest BCUT2D eigenvalue weighted by atomic mass is 16.5. The Morgan fingerprint density at radius 3 is 2.64 bits per heavy atom. The van der Waals surface area contributed by atoms with Gasteiger partial charge in [-0.05, 0) is 38.5 Å². The van der Waals surface area contributed by atoms with Crippen molar-refractivity contribution in [1.29, 1.82) is 0 Å². The molecule has 0 radical (unpaired) electrons. The molecule has 0 unspecified atom stereocenters. The van der Waals surface area contributed by atoms with Crippen LogP contribution in [0.15, 0.2) is 29.3 Å². The van der Waals surface area contributed by atoms with Crippen LogP contribution in [0.4, 0.5) is 0 Å². The summed E-state index contributed by atoms with van der Waals surface area (Å²) >= 11 is 0. The second kappa shape index (κ2) is 7.68. The van der Waals surface area contributed by atoms with E-state index >= 15 is 0 Å². The van der Waals surface area contributed by atoms with Gasteiger partial charge >= 0.3 is 0 Å². The molecule has 0 saturated heterocycles. The number of ether oxygens (including phenoxy) is 1. The smallest absolute Gasteiger partial charge is 0.259 e. The largest absolute Gasteiger partial charge is 0.484 e. The molecule has 122 valence electrons. The summed E-state index contributed by atoms with van der Waals surface area (Å²) in [6.45, 7) is 6.53. The molecule has 0 spiro atoms. The number of hydrogen-bond acceptors (Lipinski definition) is 3. The third-order valence-electron chi connectivity index (χ3n) is 2.69. The van der Waals surface area contributed by atoms with Crippen molar-refractivity contribution in [2.75, 3.05) is 20.7 Å². The zero-order valence-corrected chi connectivity index (χ0v) is 14.0. The molecule has 0 aliphatic carbocycles. The Kier molecular flexibility index (Phi) is 6.22. The van der Waals surface area contributed by atoms with Crippen LogP contribution in [0.25, 0.3) is 0 Å². The minimum absolute atomic E-state index is 0.0213. The molecule has 1 aromatic rings. The highest BCUT2D eigenvalue weighted by Crippen LogP contribution is 2.14. The topological polar surface area (TPSA) is 80.0 Å². The lowest BCUT2D eigenvalue weighted by atomic mass is 10.1. The van der Waals surface area contributed by atoms with Gasteiger partial charge in [0.2, 0.25) is 0 Å². The summed E-state index contributed by atoms with van der Waals surface area (Å²) in [4.78, 5) is 17.3. The van der Waals surface area contributed by atoms with E-state index in [1.807, 2.05) is 45.0 Å². The Bertz CT molecular complexity index is 533. The number of carbonyl (C=O) groups excluding carboxylic acids is 1. The van der Waals surface area contributed by atoms with Crippen LogP contribution in [-0.2, 0) is 11.3 Å². The molecule has 3 N–H and O–H groups in total. The number of benzene rings is 1. The van der Waals surface area contributed by atoms with Gasteiger partial charge in [0.25, 0.3) is 5.91 Å². The number of aliphatic imine (C=N–C) groups is 1. The number of nitrogens with one attached hydrogen (secondary N) is 1. The molecular formula is C16H26N4O2. The van der Waals surface area contributed by atoms with Gasteiger partial charge < -0.3 is 20.7 Å². The maximum atomic E-state index is 11.5. The molecule has 6 nitrogen and oxygen atoms in total. The van der Waals surface area contributed by atoms with Gasteiger partial charge in [-0.1, -0.05) is 12.1 Å². The Hall–Kier alpha value is -2.24. The van der Waals surface area contributed by atoms with Crippen LogP contribution in [0.5, 0.6) is 5.75 Å². The summed E-state index contributed by atoms with van der Waals surface area (Å²) in [5.41, 5.74) is 6.68. The molecule has 1 rings (SSSR count). The molecule has 0 bridgehead atoms. The van der Waals surface area contributed by atoms with E-state index in [9.17, 15) is 4.79 Å². The van der Waals surface area contributed by atoms with E-state index in [1.165, 1.54) is 4.90 Å². The zero-order valence-electron chi connectivity index (χ0n) is 14.0. The minimum atomic E-state index is -0.120. The fraction of sp³-hybridized carbons (Fsp3) is 0.500. The van der Waals surface area contributed by atoms with Gasteiger partial charge in [0.15, 0.2) is 12.6 Å². The van der Waals surface area contributed by atoms with Crippen molar-refractivity contribution in [2.24, 2.45) is 10.7 Å². The SMILES string of the molecule is CN(C)C(=O)COc1cccc(CN=C(N)NC(C)(C)C)c1. The van der Waals surface area contributed by atoms with E-state index in [4.69, 9.17) is 10.5 Å². The lowest BCUT2D eigenvalue weighted by Gasteiger charge is -2.21. The molecule has 0 saturated carbocycles. The molecule has 0 aliphatic heterocycles. The van der Waals surface area contributed by atoms with Crippen LogP contribution in [0, 0.1) is 0 Å². The zero-order chi connectivity index (χ0) is 16.8. The van der Waals surface area contributed by atoms with Crippen LogP contribution in [0.3, 0.4) is 0 Å². The number of rotatable bonds is 5. The van der Waals surface area contributed by atoms with E-state index in [-0.39, 0.29) is 18.1 Å². The van der Waals surface area contributed by atoms with Crippen LogP contribution >= 0.6 is 0 Å². The molecule has 0 atom stereocenters. The van der Waals surface area contributed by atoms with Gasteiger partial charge in [0.05, 0.1) is 6.54 Å². The first kappa shape index (κ1) is 17.8. The Labute approximate surface area is 132 Å². The van der Waals surface area contributed by atoms with Crippen molar-refractivity contribution in [2.45, 2.75) is 32.9 Å². The first-order valence-corrected chi connectivity index (χ1v) is 7.17. The predicted octanol–water partition coefficient (Wildman–Crippen LogP) is 1.36. The summed E-state index contributed by atoms with van der Waals surface area (Å²) < 4.78 is 5.47. The molecule has 22 heavy (non-hydrogen) atoms. The lowest BCUT2D eigenvalue weighted by Crippen LogP contribution is -2.44. The first-order valence-electron chi connectivity index (χ1n) is 7.17. The van der Waals surface area contributed by atoms with Gasteiger partial charge in [0, 0.05) is 19.6 Å². The number of likely N-dealkylation sites (N-methyl/N-ethyl adjacent to an activating group) is 1. The molecule has 0 aromatic heterocycles. The van der Waals surface area contributed by atoms with Crippen molar-refractivity contribution in [3.05, 3.63) is 29.8 Å². The maximum absolute atomic E-state index is 11.5. The number of nitrogens with two attached hydrogens (primary N) is 1. The average Bonchev–Trinajstić information content (AvgIpc) is 2.41. The lowest BCUT2D eigenvalue weighted by molar-refractivity contribution is -0.130. The Morgan fingerprint density at radius 2 is 2.05 bits per heavy atom. The Morgan fingerprint density at radius 1 is 1.36 bits per heavy atom. The minimum Gasteiger partial charge on any atom is -0.484 e. The van der Waals surface area contributed by atoms with Crippen molar-refractivity contribution >= 4 is 11.9 Å². The highest BCUT2D eigenvalue weighted by Gasteiger charge is 2.09. The summed E-state index contributed by atoms with van der Waals surface area (Å²) in [5.74, 6) is 0.967. The predicted molar refractivity (Wildman–Crippen MR) is 88.8 cm³/mol. The molecule has 1 amide bonds. The number of guanidine groups is 1. The second-order valence-electron chi connectivity index (χ2n) is 6.30. The summed E-state index contributed by atoms with van der Waals surface area (Å²) in [6.07, 6.45) is 0. The fourth-order valence-corrected chi connectivity index (χ4v) is 1.61. The number of nitrogens with zero attached hydrogens (tertiary/aromatic N) is 2. The van der Waals surface area contributed by atoms with Gasteiger partial charge in [-0.25, -0.2) is 4.99 Å². The van der Waals surface area contributed by atoms with Crippen LogP contribution in [0.1, 0.15) is 26.3 Å². The number of amides is 1. The summed E-state index contributed by atoms with van der Waals surface area (Å²) in [5, 5.41) is 3.10. The summed E-state index contributed by atoms with van der Waals surface area (Å²) in [7, 11) is 3.39. The molecule has 1 aromatic carbocycles. The first-order chi connectivity index (χ1) is 10.2. The highest BCUT2D eigenvalue weighted by molar-refractivity contribution is 5.78. The standard InChI is InChI=1S/C16H26N4O2/c1-16(2,3)19-15(17)18-10-12-7-6-8-13(9-12)22-11-14(21)20(4)5/h6-9H,10-11H2,1-5H3,(H3,17,18,19). The van der Waals surface area contributed by atoms with Crippen LogP contribution in [-0.4, -0.2) is 43.0 Å². The summed E-state index contributed by atoms with van der Waals surface area (Å²) in [6, 6.07) is 7.48. The second-order valence-corrected chi connectivity index (χ2v) is 6.30. The van der Waals surface area contributed by atoms with Crippen molar-refractivity contribution in [3.8, 4) is 5.75 Å². The van der Waals surface area contributed by atoms with Crippen molar-refractivity contribution in [3.63, 3.8) is 0 Å². The molecule has 0 aliphatic rings. The number of carbonyl (C=O) groups is 1. The van der Waals surface area contributed by atoms with E-state index in [0.29, 0.717) is 18.3 Å². The Balaban J connectivity index is 2.61. The third-order valence-corrected chi connectivity index (χ3v) is 2.69. The maximum Gasteiger partial charge on any atom is 0.259 e. The van der Waals surface area contributed by atoms with Gasteiger partial charge in [-0.2, -0.15) is 0 Å². The van der Waals surface area contributed by atoms with E-state index in [1.54, 1.807) is 14.1 Å².